The highest BCUT2D eigenvalue weighted by atomic mass is 35.5. The number of hydrogen-bond acceptors (Lipinski definition) is 4. The molecule has 0 bridgehead atoms. The summed E-state index contributed by atoms with van der Waals surface area (Å²) in [4.78, 5) is 2.39. The fourth-order valence-corrected chi connectivity index (χ4v) is 2.59. The Bertz CT molecular complexity index is 441. The zero-order valence-electron chi connectivity index (χ0n) is 12.3. The second-order valence-corrected chi connectivity index (χ2v) is 5.39. The molecule has 0 spiro atoms. The van der Waals surface area contributed by atoms with Gasteiger partial charge in [-0.2, -0.15) is 0 Å². The largest absolute Gasteiger partial charge is 0.493 e. The summed E-state index contributed by atoms with van der Waals surface area (Å²) in [5.74, 6) is 2.06. The molecule has 0 aromatic heterocycles. The van der Waals surface area contributed by atoms with Crippen molar-refractivity contribution in [1.82, 2.24) is 4.90 Å². The molecular formula is C15H22ClNO3. The average molecular weight is 300 g/mol. The molecule has 4 nitrogen and oxygen atoms in total. The maximum Gasteiger partial charge on any atom is 0.161 e. The lowest BCUT2D eigenvalue weighted by Crippen LogP contribution is -2.48. The number of nitrogens with zero attached hydrogens (tertiary/aromatic N) is 1. The standard InChI is InChI=1S/C15H22ClNO3/c1-11-10-20-13(7-16)9-17(11)8-12-4-5-14(18-2)15(6-12)19-3/h4-6,11,13H,7-10H2,1-3H3. The van der Waals surface area contributed by atoms with Gasteiger partial charge < -0.3 is 14.2 Å². The molecule has 5 heteroatoms. The smallest absolute Gasteiger partial charge is 0.161 e. The number of rotatable bonds is 5. The van der Waals surface area contributed by atoms with Gasteiger partial charge in [-0.25, -0.2) is 0 Å². The van der Waals surface area contributed by atoms with Crippen LogP contribution in [0.2, 0.25) is 0 Å². The van der Waals surface area contributed by atoms with Crippen LogP contribution in [0.25, 0.3) is 0 Å². The summed E-state index contributed by atoms with van der Waals surface area (Å²) >= 11 is 5.90. The van der Waals surface area contributed by atoms with E-state index >= 15 is 0 Å². The quantitative estimate of drug-likeness (QED) is 0.782. The Labute approximate surface area is 125 Å². The zero-order valence-corrected chi connectivity index (χ0v) is 13.0. The van der Waals surface area contributed by atoms with Crippen LogP contribution in [-0.4, -0.2) is 50.3 Å². The topological polar surface area (TPSA) is 30.9 Å². The predicted octanol–water partition coefficient (Wildman–Crippen LogP) is 2.53. The number of halogens is 1. The SMILES string of the molecule is COc1ccc(CN2CC(CCl)OCC2C)cc1OC. The molecule has 1 aliphatic rings. The first-order valence-corrected chi connectivity index (χ1v) is 7.34. The first-order valence-electron chi connectivity index (χ1n) is 6.80. The zero-order chi connectivity index (χ0) is 14.5. The molecule has 1 heterocycles. The van der Waals surface area contributed by atoms with Crippen molar-refractivity contribution in [2.45, 2.75) is 25.6 Å². The van der Waals surface area contributed by atoms with Crippen LogP contribution in [0, 0.1) is 0 Å². The van der Waals surface area contributed by atoms with Crippen molar-refractivity contribution in [2.24, 2.45) is 0 Å². The first-order chi connectivity index (χ1) is 9.67. The van der Waals surface area contributed by atoms with E-state index in [0.717, 1.165) is 31.2 Å². The molecule has 1 aromatic rings. The minimum atomic E-state index is 0.119. The number of benzene rings is 1. The Kier molecular flexibility index (Phi) is 5.52. The maximum atomic E-state index is 5.90. The number of hydrogen-bond donors (Lipinski definition) is 0. The Balaban J connectivity index is 2.08. The average Bonchev–Trinajstić information content (AvgIpc) is 2.49. The lowest BCUT2D eigenvalue weighted by Gasteiger charge is -2.37. The molecular weight excluding hydrogens is 278 g/mol. The van der Waals surface area contributed by atoms with Crippen LogP contribution in [0.15, 0.2) is 18.2 Å². The Hall–Kier alpha value is -0.970. The lowest BCUT2D eigenvalue weighted by molar-refractivity contribution is -0.0510. The van der Waals surface area contributed by atoms with E-state index in [2.05, 4.69) is 17.9 Å². The summed E-state index contributed by atoms with van der Waals surface area (Å²) in [5.41, 5.74) is 1.20. The first kappa shape index (κ1) is 15.4. The molecule has 0 saturated carbocycles. The molecule has 1 aliphatic heterocycles. The predicted molar refractivity (Wildman–Crippen MR) is 79.9 cm³/mol. The summed E-state index contributed by atoms with van der Waals surface area (Å²) in [5, 5.41) is 0. The van der Waals surface area contributed by atoms with Crippen LogP contribution in [0.4, 0.5) is 0 Å². The van der Waals surface area contributed by atoms with E-state index < -0.39 is 0 Å². The molecule has 1 saturated heterocycles. The Morgan fingerprint density at radius 3 is 2.70 bits per heavy atom. The van der Waals surface area contributed by atoms with Gasteiger partial charge in [-0.15, -0.1) is 11.6 Å². The number of ether oxygens (including phenoxy) is 3. The van der Waals surface area contributed by atoms with Gasteiger partial charge in [0.25, 0.3) is 0 Å². The minimum absolute atomic E-state index is 0.119. The molecule has 0 N–H and O–H groups in total. The normalized spacial score (nSPS) is 23.6. The van der Waals surface area contributed by atoms with Gasteiger partial charge in [-0.05, 0) is 24.6 Å². The third-order valence-corrected chi connectivity index (χ3v) is 3.98. The number of alkyl halides is 1. The molecule has 0 amide bonds. The van der Waals surface area contributed by atoms with Crippen LogP contribution < -0.4 is 9.47 Å². The van der Waals surface area contributed by atoms with Crippen LogP contribution in [0.1, 0.15) is 12.5 Å². The van der Waals surface area contributed by atoms with Gasteiger partial charge in [0.2, 0.25) is 0 Å². The van der Waals surface area contributed by atoms with E-state index in [-0.39, 0.29) is 6.10 Å². The van der Waals surface area contributed by atoms with Crippen LogP contribution in [0.5, 0.6) is 11.5 Å². The maximum absolute atomic E-state index is 5.90. The molecule has 1 aromatic carbocycles. The fraction of sp³-hybridized carbons (Fsp3) is 0.600. The van der Waals surface area contributed by atoms with Crippen molar-refractivity contribution in [1.29, 1.82) is 0 Å². The van der Waals surface area contributed by atoms with Gasteiger partial charge >= 0.3 is 0 Å². The number of morpholine rings is 1. The molecule has 1 fully saturated rings. The van der Waals surface area contributed by atoms with E-state index in [1.165, 1.54) is 5.56 Å². The summed E-state index contributed by atoms with van der Waals surface area (Å²) in [6.07, 6.45) is 0.119. The fourth-order valence-electron chi connectivity index (χ4n) is 2.40. The van der Waals surface area contributed by atoms with E-state index in [1.807, 2.05) is 12.1 Å². The number of methoxy groups -OCH3 is 2. The second kappa shape index (κ2) is 7.16. The van der Waals surface area contributed by atoms with Gasteiger partial charge in [0.05, 0.1) is 26.9 Å². The van der Waals surface area contributed by atoms with Gasteiger partial charge in [0.15, 0.2) is 11.5 Å². The third kappa shape index (κ3) is 3.57. The lowest BCUT2D eigenvalue weighted by atomic mass is 10.1. The summed E-state index contributed by atoms with van der Waals surface area (Å²) in [6.45, 7) is 4.62. The molecule has 20 heavy (non-hydrogen) atoms. The summed E-state index contributed by atoms with van der Waals surface area (Å²) < 4.78 is 16.3. The van der Waals surface area contributed by atoms with E-state index in [0.29, 0.717) is 11.9 Å². The Morgan fingerprint density at radius 1 is 1.30 bits per heavy atom. The van der Waals surface area contributed by atoms with Gasteiger partial charge in [0.1, 0.15) is 0 Å². The van der Waals surface area contributed by atoms with Crippen molar-refractivity contribution in [3.8, 4) is 11.5 Å². The minimum Gasteiger partial charge on any atom is -0.493 e. The Morgan fingerprint density at radius 2 is 2.05 bits per heavy atom. The molecule has 2 unspecified atom stereocenters. The van der Waals surface area contributed by atoms with Gasteiger partial charge in [-0.3, -0.25) is 4.90 Å². The van der Waals surface area contributed by atoms with Crippen molar-refractivity contribution in [3.05, 3.63) is 23.8 Å². The monoisotopic (exact) mass is 299 g/mol. The molecule has 0 aliphatic carbocycles. The molecule has 2 atom stereocenters. The van der Waals surface area contributed by atoms with Crippen LogP contribution in [-0.2, 0) is 11.3 Å². The summed E-state index contributed by atoms with van der Waals surface area (Å²) in [6, 6.07) is 6.43. The summed E-state index contributed by atoms with van der Waals surface area (Å²) in [7, 11) is 3.30. The molecule has 0 radical (unpaired) electrons. The third-order valence-electron chi connectivity index (χ3n) is 3.64. The molecule has 112 valence electrons. The van der Waals surface area contributed by atoms with Crippen molar-refractivity contribution >= 4 is 11.6 Å². The molecule has 2 rings (SSSR count). The van der Waals surface area contributed by atoms with Crippen molar-refractivity contribution in [2.75, 3.05) is 33.3 Å². The van der Waals surface area contributed by atoms with E-state index in [1.54, 1.807) is 14.2 Å². The van der Waals surface area contributed by atoms with Crippen molar-refractivity contribution in [3.63, 3.8) is 0 Å². The second-order valence-electron chi connectivity index (χ2n) is 5.08. The highest BCUT2D eigenvalue weighted by Crippen LogP contribution is 2.28. The highest BCUT2D eigenvalue weighted by Gasteiger charge is 2.25. The van der Waals surface area contributed by atoms with Gasteiger partial charge in [0, 0.05) is 25.0 Å². The van der Waals surface area contributed by atoms with Gasteiger partial charge in [-0.1, -0.05) is 6.07 Å². The van der Waals surface area contributed by atoms with Crippen molar-refractivity contribution < 1.29 is 14.2 Å². The van der Waals surface area contributed by atoms with E-state index in [9.17, 15) is 0 Å². The van der Waals surface area contributed by atoms with E-state index in [4.69, 9.17) is 25.8 Å². The van der Waals surface area contributed by atoms with Crippen LogP contribution >= 0.6 is 11.6 Å². The van der Waals surface area contributed by atoms with Crippen LogP contribution in [0.3, 0.4) is 0 Å². The highest BCUT2D eigenvalue weighted by molar-refractivity contribution is 6.18.